The van der Waals surface area contributed by atoms with E-state index >= 15 is 0 Å². The highest BCUT2D eigenvalue weighted by atomic mass is 32.1. The van der Waals surface area contributed by atoms with Gasteiger partial charge in [-0.3, -0.25) is 4.79 Å². The third kappa shape index (κ3) is 3.30. The fourth-order valence-electron chi connectivity index (χ4n) is 1.13. The molecule has 0 saturated heterocycles. The predicted octanol–water partition coefficient (Wildman–Crippen LogP) is 2.54. The van der Waals surface area contributed by atoms with Crippen molar-refractivity contribution in [1.82, 2.24) is 10.3 Å². The number of carbonyl (C=O) groups is 1. The second kappa shape index (κ2) is 5.26. The predicted molar refractivity (Wildman–Crippen MR) is 62.9 cm³/mol. The van der Waals surface area contributed by atoms with Crippen LogP contribution in [0.1, 0.15) is 43.6 Å². The minimum absolute atomic E-state index is 0.0187. The Morgan fingerprint density at radius 1 is 1.53 bits per heavy atom. The number of rotatable bonds is 4. The molecule has 0 aromatic carbocycles. The highest BCUT2D eigenvalue weighted by molar-refractivity contribution is 7.11. The molecule has 0 saturated carbocycles. The summed E-state index contributed by atoms with van der Waals surface area (Å²) < 4.78 is 0. The largest absolute Gasteiger partial charge is 0.347 e. The van der Waals surface area contributed by atoms with Gasteiger partial charge in [0.1, 0.15) is 5.01 Å². The van der Waals surface area contributed by atoms with Crippen molar-refractivity contribution in [2.24, 2.45) is 5.92 Å². The Hall–Kier alpha value is -0.900. The third-order valence-electron chi connectivity index (χ3n) is 2.17. The molecular formula is C11H18N2OS. The van der Waals surface area contributed by atoms with Crippen molar-refractivity contribution in [1.29, 1.82) is 0 Å². The fraction of sp³-hybridized carbons (Fsp3) is 0.636. The van der Waals surface area contributed by atoms with Crippen LogP contribution in [0.5, 0.6) is 0 Å². The summed E-state index contributed by atoms with van der Waals surface area (Å²) in [6, 6.07) is 0.0187. The zero-order valence-corrected chi connectivity index (χ0v) is 10.5. The zero-order chi connectivity index (χ0) is 11.4. The Morgan fingerprint density at radius 3 is 2.67 bits per heavy atom. The number of hydrogen-bond donors (Lipinski definition) is 1. The van der Waals surface area contributed by atoms with E-state index in [0.717, 1.165) is 11.4 Å². The molecule has 1 aromatic heterocycles. The lowest BCUT2D eigenvalue weighted by molar-refractivity contribution is -0.124. The molecule has 0 spiro atoms. The van der Waals surface area contributed by atoms with Crippen molar-refractivity contribution < 1.29 is 4.79 Å². The molecule has 1 heterocycles. The summed E-state index contributed by atoms with van der Waals surface area (Å²) in [7, 11) is 0. The molecule has 1 N–H and O–H groups in total. The lowest BCUT2D eigenvalue weighted by Crippen LogP contribution is -2.30. The highest BCUT2D eigenvalue weighted by Crippen LogP contribution is 2.20. The molecule has 0 fully saturated rings. The number of thiazole rings is 1. The fourth-order valence-corrected chi connectivity index (χ4v) is 1.99. The summed E-state index contributed by atoms with van der Waals surface area (Å²) >= 11 is 1.67. The minimum Gasteiger partial charge on any atom is -0.347 e. The van der Waals surface area contributed by atoms with Crippen LogP contribution in [0, 0.1) is 5.92 Å². The van der Waals surface area contributed by atoms with Crippen LogP contribution in [-0.4, -0.2) is 10.9 Å². The molecule has 0 aliphatic carbocycles. The Bertz CT molecular complexity index is 333. The molecule has 1 aromatic rings. The first-order valence-corrected chi connectivity index (χ1v) is 6.11. The monoisotopic (exact) mass is 226 g/mol. The molecule has 1 rings (SSSR count). The molecule has 84 valence electrons. The van der Waals surface area contributed by atoms with Crippen LogP contribution < -0.4 is 5.32 Å². The molecule has 3 nitrogen and oxygen atoms in total. The maximum Gasteiger partial charge on any atom is 0.223 e. The Kier molecular flexibility index (Phi) is 4.27. The van der Waals surface area contributed by atoms with Gasteiger partial charge in [0.15, 0.2) is 0 Å². The van der Waals surface area contributed by atoms with E-state index in [-0.39, 0.29) is 17.9 Å². The van der Waals surface area contributed by atoms with Gasteiger partial charge in [0.2, 0.25) is 5.91 Å². The number of nitrogens with zero attached hydrogens (tertiary/aromatic N) is 1. The van der Waals surface area contributed by atoms with E-state index in [0.29, 0.717) is 0 Å². The van der Waals surface area contributed by atoms with E-state index in [1.807, 2.05) is 27.0 Å². The molecule has 0 aliphatic rings. The number of hydrogen-bond acceptors (Lipinski definition) is 3. The summed E-state index contributed by atoms with van der Waals surface area (Å²) in [5, 5.41) is 3.93. The molecular weight excluding hydrogens is 208 g/mol. The summed E-state index contributed by atoms with van der Waals surface area (Å²) in [5.41, 5.74) is 0. The Morgan fingerprint density at radius 2 is 2.20 bits per heavy atom. The van der Waals surface area contributed by atoms with E-state index < -0.39 is 0 Å². The zero-order valence-electron chi connectivity index (χ0n) is 9.70. The van der Waals surface area contributed by atoms with Gasteiger partial charge in [-0.1, -0.05) is 20.8 Å². The molecule has 15 heavy (non-hydrogen) atoms. The first-order valence-electron chi connectivity index (χ1n) is 5.29. The lowest BCUT2D eigenvalue weighted by Gasteiger charge is -2.12. The number of carbonyl (C=O) groups excluding carboxylic acids is 1. The van der Waals surface area contributed by atoms with Gasteiger partial charge >= 0.3 is 0 Å². The Balaban J connectivity index is 2.60. The maximum atomic E-state index is 11.5. The number of nitrogens with one attached hydrogen (secondary N) is 1. The highest BCUT2D eigenvalue weighted by Gasteiger charge is 2.14. The van der Waals surface area contributed by atoms with Crippen molar-refractivity contribution in [2.75, 3.05) is 0 Å². The summed E-state index contributed by atoms with van der Waals surface area (Å²) in [4.78, 5) is 17.0. The lowest BCUT2D eigenvalue weighted by atomic mass is 10.2. The van der Waals surface area contributed by atoms with Gasteiger partial charge in [0.25, 0.3) is 0 Å². The van der Waals surface area contributed by atoms with Crippen molar-refractivity contribution in [3.05, 3.63) is 16.1 Å². The number of amides is 1. The smallest absolute Gasteiger partial charge is 0.223 e. The van der Waals surface area contributed by atoms with E-state index in [9.17, 15) is 4.79 Å². The average Bonchev–Trinajstić information content (AvgIpc) is 2.65. The van der Waals surface area contributed by atoms with Crippen LogP contribution >= 0.6 is 11.3 Å². The van der Waals surface area contributed by atoms with Gasteiger partial charge in [-0.2, -0.15) is 0 Å². The van der Waals surface area contributed by atoms with Crippen molar-refractivity contribution in [2.45, 2.75) is 40.2 Å². The molecule has 1 unspecified atom stereocenters. The van der Waals surface area contributed by atoms with Gasteiger partial charge in [0, 0.05) is 17.0 Å². The van der Waals surface area contributed by atoms with Crippen LogP contribution in [0.3, 0.4) is 0 Å². The first-order chi connectivity index (χ1) is 7.04. The van der Waals surface area contributed by atoms with E-state index in [2.05, 4.69) is 17.2 Å². The van der Waals surface area contributed by atoms with Crippen LogP contribution in [0.2, 0.25) is 0 Å². The number of aryl methyl sites for hydroxylation is 1. The van der Waals surface area contributed by atoms with Gasteiger partial charge < -0.3 is 5.32 Å². The van der Waals surface area contributed by atoms with Gasteiger partial charge in [-0.25, -0.2) is 4.98 Å². The number of aromatic nitrogens is 1. The first kappa shape index (κ1) is 12.2. The summed E-state index contributed by atoms with van der Waals surface area (Å²) in [5.74, 6) is 0.105. The van der Waals surface area contributed by atoms with E-state index in [1.54, 1.807) is 11.3 Å². The molecule has 1 atom stereocenters. The van der Waals surface area contributed by atoms with E-state index in [4.69, 9.17) is 0 Å². The van der Waals surface area contributed by atoms with Crippen LogP contribution in [0.25, 0.3) is 0 Å². The standard InChI is InChI=1S/C11H18N2OS/c1-5-9-6-12-11(15-9)8(4)13-10(14)7(2)3/h6-8H,5H2,1-4H3,(H,13,14). The third-order valence-corrected chi connectivity index (χ3v) is 3.50. The van der Waals surface area contributed by atoms with Crippen LogP contribution in [-0.2, 0) is 11.2 Å². The van der Waals surface area contributed by atoms with Gasteiger partial charge in [0.05, 0.1) is 6.04 Å². The quantitative estimate of drug-likeness (QED) is 0.857. The van der Waals surface area contributed by atoms with Crippen LogP contribution in [0.15, 0.2) is 6.20 Å². The van der Waals surface area contributed by atoms with Crippen molar-refractivity contribution in [3.63, 3.8) is 0 Å². The molecule has 0 aliphatic heterocycles. The van der Waals surface area contributed by atoms with Crippen molar-refractivity contribution in [3.8, 4) is 0 Å². The second-order valence-corrected chi connectivity index (χ2v) is 5.05. The van der Waals surface area contributed by atoms with Crippen LogP contribution in [0.4, 0.5) is 0 Å². The van der Waals surface area contributed by atoms with E-state index in [1.165, 1.54) is 4.88 Å². The maximum absolute atomic E-state index is 11.5. The summed E-state index contributed by atoms with van der Waals surface area (Å²) in [6.45, 7) is 7.86. The second-order valence-electron chi connectivity index (χ2n) is 3.90. The molecule has 0 radical (unpaired) electrons. The SMILES string of the molecule is CCc1cnc(C(C)NC(=O)C(C)C)s1. The minimum atomic E-state index is 0.0187. The normalized spacial score (nSPS) is 12.9. The molecule has 1 amide bonds. The summed E-state index contributed by atoms with van der Waals surface area (Å²) in [6.07, 6.45) is 2.89. The molecule has 4 heteroatoms. The average molecular weight is 226 g/mol. The van der Waals surface area contributed by atoms with Gasteiger partial charge in [-0.05, 0) is 13.3 Å². The Labute approximate surface area is 94.9 Å². The van der Waals surface area contributed by atoms with Crippen molar-refractivity contribution >= 4 is 17.2 Å². The van der Waals surface area contributed by atoms with Gasteiger partial charge in [-0.15, -0.1) is 11.3 Å². The topological polar surface area (TPSA) is 42.0 Å². The molecule has 0 bridgehead atoms.